The van der Waals surface area contributed by atoms with Gasteiger partial charge in [-0.2, -0.15) is 0 Å². The number of carbonyl (C=O) groups excluding carboxylic acids is 3. The first-order valence-electron chi connectivity index (χ1n) is 14.9. The van der Waals surface area contributed by atoms with Crippen LogP contribution < -0.4 is 0 Å². The Labute approximate surface area is 257 Å². The average Bonchev–Trinajstić information content (AvgIpc) is 3.30. The smallest absolute Gasteiger partial charge is 0.303 e. The fourth-order valence-corrected chi connectivity index (χ4v) is 11.1. The molecule has 0 amide bonds. The van der Waals surface area contributed by atoms with Crippen molar-refractivity contribution >= 4 is 41.1 Å². The Morgan fingerprint density at radius 2 is 1.64 bits per heavy atom. The van der Waals surface area contributed by atoms with E-state index >= 15 is 0 Å². The number of ether oxygens (including phenoxy) is 1. The lowest BCUT2D eigenvalue weighted by atomic mass is 9.52. The van der Waals surface area contributed by atoms with Crippen molar-refractivity contribution in [1.82, 2.24) is 0 Å². The molecule has 0 saturated heterocycles. The molecule has 0 heterocycles. The van der Waals surface area contributed by atoms with E-state index in [9.17, 15) is 14.4 Å². The molecule has 0 radical (unpaired) electrons. The van der Waals surface area contributed by atoms with Gasteiger partial charge in [0.15, 0.2) is 11.6 Å². The first kappa shape index (κ1) is 29.3. The highest BCUT2D eigenvalue weighted by atomic mass is 32.2. The van der Waals surface area contributed by atoms with E-state index in [-0.39, 0.29) is 45.4 Å². The van der Waals surface area contributed by atoms with Crippen LogP contribution >= 0.6 is 23.5 Å². The molecule has 6 heteroatoms. The number of ketones is 2. The van der Waals surface area contributed by atoms with Gasteiger partial charge < -0.3 is 4.74 Å². The summed E-state index contributed by atoms with van der Waals surface area (Å²) in [6.45, 7) is 5.77. The molecule has 4 aliphatic carbocycles. The van der Waals surface area contributed by atoms with Gasteiger partial charge in [-0.05, 0) is 92.2 Å². The van der Waals surface area contributed by atoms with Crippen LogP contribution in [0.2, 0.25) is 0 Å². The fourth-order valence-electron chi connectivity index (χ4n) is 8.22. The van der Waals surface area contributed by atoms with Crippen LogP contribution in [-0.4, -0.2) is 28.7 Å². The van der Waals surface area contributed by atoms with Gasteiger partial charge in [0.1, 0.15) is 6.61 Å². The Balaban J connectivity index is 1.40. The summed E-state index contributed by atoms with van der Waals surface area (Å²) < 4.78 is 5.45. The molecule has 0 aliphatic heterocycles. The van der Waals surface area contributed by atoms with Crippen molar-refractivity contribution in [3.05, 3.63) is 96.1 Å². The predicted octanol–water partition coefficient (Wildman–Crippen LogP) is 8.10. The van der Waals surface area contributed by atoms with Crippen LogP contribution in [0.1, 0.15) is 46.5 Å². The third kappa shape index (κ3) is 5.37. The fraction of sp³-hybridized carbons (Fsp3) is 0.417. The van der Waals surface area contributed by atoms with Gasteiger partial charge in [-0.15, -0.1) is 23.5 Å². The lowest BCUT2D eigenvalue weighted by Gasteiger charge is -2.52. The zero-order chi connectivity index (χ0) is 29.5. The van der Waals surface area contributed by atoms with Crippen LogP contribution in [0.5, 0.6) is 0 Å². The van der Waals surface area contributed by atoms with E-state index < -0.39 is 5.97 Å². The molecule has 4 aliphatic rings. The summed E-state index contributed by atoms with van der Waals surface area (Å²) in [6.07, 6.45) is 11.7. The molecule has 6 atom stereocenters. The maximum Gasteiger partial charge on any atom is 0.303 e. The van der Waals surface area contributed by atoms with Crippen molar-refractivity contribution in [3.8, 4) is 0 Å². The molecular formula is C36H38O4S2. The standard InChI is InChI=1S/C36H38O4S2/c1-23(37)40-22-32(39)33-29(34(41-26-10-6-4-7-11-26)42-27-12-8-5-9-13-27)21-31-28-15-14-24-20-25(38)16-18-35(24,2)30(28)17-19-36(31,33)3/h4-13,16-18,20,28-29,31,33-34H,14-15,19,21-22H2,1-3H3/t28-,29-,31+,33-,35+,36+/m1/s1. The van der Waals surface area contributed by atoms with E-state index in [4.69, 9.17) is 4.74 Å². The van der Waals surface area contributed by atoms with Crippen LogP contribution in [0.15, 0.2) is 106 Å². The van der Waals surface area contributed by atoms with Crippen molar-refractivity contribution in [1.29, 1.82) is 0 Å². The molecule has 2 saturated carbocycles. The number of esters is 1. The van der Waals surface area contributed by atoms with E-state index in [1.807, 2.05) is 41.7 Å². The predicted molar refractivity (Wildman–Crippen MR) is 169 cm³/mol. The Morgan fingerprint density at radius 3 is 2.26 bits per heavy atom. The van der Waals surface area contributed by atoms with Crippen molar-refractivity contribution in [2.75, 3.05) is 6.61 Å². The van der Waals surface area contributed by atoms with Crippen molar-refractivity contribution in [3.63, 3.8) is 0 Å². The number of hydrogen-bond donors (Lipinski definition) is 0. The molecule has 0 unspecified atom stereocenters. The Kier molecular flexibility index (Phi) is 8.14. The van der Waals surface area contributed by atoms with Gasteiger partial charge in [0.2, 0.25) is 0 Å². The van der Waals surface area contributed by atoms with Gasteiger partial charge in [-0.1, -0.05) is 66.6 Å². The highest BCUT2D eigenvalue weighted by Gasteiger charge is 2.61. The second-order valence-electron chi connectivity index (χ2n) is 12.6. The molecule has 0 aromatic heterocycles. The van der Waals surface area contributed by atoms with E-state index in [0.717, 1.165) is 25.7 Å². The van der Waals surface area contributed by atoms with Crippen molar-refractivity contribution < 1.29 is 19.1 Å². The monoisotopic (exact) mass is 598 g/mol. The molecule has 0 N–H and O–H groups in total. The summed E-state index contributed by atoms with van der Waals surface area (Å²) in [5, 5.41) is 0. The van der Waals surface area contributed by atoms with Crippen LogP contribution in [0.4, 0.5) is 0 Å². The molecule has 4 nitrogen and oxygen atoms in total. The minimum absolute atomic E-state index is 0.0372. The minimum atomic E-state index is -0.419. The van der Waals surface area contributed by atoms with Gasteiger partial charge in [-0.25, -0.2) is 0 Å². The summed E-state index contributed by atoms with van der Waals surface area (Å²) >= 11 is 3.69. The van der Waals surface area contributed by atoms with Crippen LogP contribution in [0.3, 0.4) is 0 Å². The molecule has 0 spiro atoms. The van der Waals surface area contributed by atoms with Crippen molar-refractivity contribution in [2.45, 2.75) is 60.8 Å². The highest BCUT2D eigenvalue weighted by molar-refractivity contribution is 8.17. The summed E-state index contributed by atoms with van der Waals surface area (Å²) in [5.41, 5.74) is 2.16. The molecule has 0 bridgehead atoms. The normalized spacial score (nSPS) is 31.5. The average molecular weight is 599 g/mol. The van der Waals surface area contributed by atoms with Crippen LogP contribution in [0.25, 0.3) is 0 Å². The van der Waals surface area contributed by atoms with Gasteiger partial charge in [0, 0.05) is 28.0 Å². The maximum absolute atomic E-state index is 14.1. The second-order valence-corrected chi connectivity index (χ2v) is 15.3. The quantitative estimate of drug-likeness (QED) is 0.132. The van der Waals surface area contributed by atoms with E-state index in [1.165, 1.54) is 27.9 Å². The third-order valence-corrected chi connectivity index (χ3v) is 13.0. The van der Waals surface area contributed by atoms with Crippen molar-refractivity contribution in [2.24, 2.45) is 34.5 Å². The number of fused-ring (bicyclic) bond motifs is 5. The van der Waals surface area contributed by atoms with E-state index in [0.29, 0.717) is 11.8 Å². The van der Waals surface area contributed by atoms with Gasteiger partial charge in [0.25, 0.3) is 0 Å². The van der Waals surface area contributed by atoms with Crippen LogP contribution in [-0.2, 0) is 19.1 Å². The Morgan fingerprint density at radius 1 is 1.00 bits per heavy atom. The lowest BCUT2D eigenvalue weighted by Crippen LogP contribution is -2.46. The number of thioether (sulfide) groups is 2. The molecule has 2 aromatic carbocycles. The maximum atomic E-state index is 14.1. The third-order valence-electron chi connectivity index (χ3n) is 10.2. The van der Waals surface area contributed by atoms with E-state index in [1.54, 1.807) is 6.08 Å². The number of carbonyl (C=O) groups is 3. The number of hydrogen-bond acceptors (Lipinski definition) is 6. The summed E-state index contributed by atoms with van der Waals surface area (Å²) in [6, 6.07) is 20.9. The number of rotatable bonds is 8. The Hall–Kier alpha value is -2.83. The molecular weight excluding hydrogens is 561 g/mol. The topological polar surface area (TPSA) is 60.4 Å². The number of allylic oxidation sites excluding steroid dienone is 6. The van der Waals surface area contributed by atoms with Crippen LogP contribution in [0, 0.1) is 34.5 Å². The number of benzene rings is 2. The summed E-state index contributed by atoms with van der Waals surface area (Å²) in [5.74, 6) is 0.241. The highest BCUT2D eigenvalue weighted by Crippen LogP contribution is 2.67. The van der Waals surface area contributed by atoms with Gasteiger partial charge in [0.05, 0.1) is 4.58 Å². The minimum Gasteiger partial charge on any atom is -0.458 e. The molecule has 6 rings (SSSR count). The summed E-state index contributed by atoms with van der Waals surface area (Å²) in [4.78, 5) is 40.5. The lowest BCUT2D eigenvalue weighted by molar-refractivity contribution is -0.148. The van der Waals surface area contributed by atoms with Gasteiger partial charge in [-0.3, -0.25) is 14.4 Å². The van der Waals surface area contributed by atoms with Gasteiger partial charge >= 0.3 is 5.97 Å². The number of Topliss-reactive ketones (excluding diaryl/α,β-unsaturated/α-hetero) is 1. The molecule has 218 valence electrons. The van der Waals surface area contributed by atoms with E-state index in [2.05, 4.69) is 74.5 Å². The zero-order valence-corrected chi connectivity index (χ0v) is 26.1. The largest absolute Gasteiger partial charge is 0.458 e. The molecule has 2 aromatic rings. The molecule has 2 fully saturated rings. The summed E-state index contributed by atoms with van der Waals surface area (Å²) in [7, 11) is 0. The SMILES string of the molecule is CC(=O)OCC(=O)[C@H]1[C@H](C(Sc2ccccc2)Sc2ccccc2)C[C@H]2[C@@H]3CCC4=CC(=O)C=C[C@]4(C)C3=CC[C@@]21C. The second kappa shape index (κ2) is 11.7. The first-order valence-corrected chi connectivity index (χ1v) is 16.7. The first-order chi connectivity index (χ1) is 20.2. The zero-order valence-electron chi connectivity index (χ0n) is 24.5. The Bertz CT molecular complexity index is 1420. The molecule has 42 heavy (non-hydrogen) atoms.